The zero-order chi connectivity index (χ0) is 18.1. The number of ether oxygens (including phenoxy) is 1. The van der Waals surface area contributed by atoms with E-state index in [1.807, 2.05) is 18.2 Å². The van der Waals surface area contributed by atoms with Crippen LogP contribution in [0.1, 0.15) is 31.9 Å². The van der Waals surface area contributed by atoms with Crippen LogP contribution in [0.25, 0.3) is 0 Å². The van der Waals surface area contributed by atoms with Gasteiger partial charge < -0.3 is 4.74 Å². The molecular formula is C19H22N2O3S. The highest BCUT2D eigenvalue weighted by atomic mass is 32.2. The van der Waals surface area contributed by atoms with Crippen molar-refractivity contribution in [3.63, 3.8) is 0 Å². The van der Waals surface area contributed by atoms with E-state index in [4.69, 9.17) is 4.74 Å². The first-order valence-corrected chi connectivity index (χ1v) is 9.66. The van der Waals surface area contributed by atoms with Crippen LogP contribution in [0, 0.1) is 0 Å². The van der Waals surface area contributed by atoms with Gasteiger partial charge in [-0.15, -0.1) is 0 Å². The third-order valence-corrected chi connectivity index (χ3v) is 5.39. The van der Waals surface area contributed by atoms with Crippen LogP contribution in [0.15, 0.2) is 58.4 Å². The van der Waals surface area contributed by atoms with Gasteiger partial charge in [-0.05, 0) is 35.2 Å². The van der Waals surface area contributed by atoms with Crippen molar-refractivity contribution in [2.45, 2.75) is 31.1 Å². The Morgan fingerprint density at radius 3 is 2.60 bits per heavy atom. The molecule has 6 heteroatoms. The fraction of sp³-hybridized carbons (Fsp3) is 0.316. The normalized spacial score (nSPS) is 17.2. The van der Waals surface area contributed by atoms with Gasteiger partial charge in [0.2, 0.25) is 0 Å². The number of fused-ring (bicyclic) bond motifs is 1. The van der Waals surface area contributed by atoms with Crippen LogP contribution in [0.5, 0.6) is 5.75 Å². The largest absolute Gasteiger partial charge is 0.492 e. The van der Waals surface area contributed by atoms with E-state index in [0.29, 0.717) is 24.6 Å². The summed E-state index contributed by atoms with van der Waals surface area (Å²) in [4.78, 5) is 4.62. The molecule has 0 atom stereocenters. The van der Waals surface area contributed by atoms with E-state index in [1.54, 1.807) is 24.3 Å². The molecule has 2 aromatic rings. The molecule has 0 aromatic heterocycles. The first-order chi connectivity index (χ1) is 11.8. The molecule has 25 heavy (non-hydrogen) atoms. The summed E-state index contributed by atoms with van der Waals surface area (Å²) in [5.41, 5.74) is 1.87. The van der Waals surface area contributed by atoms with Gasteiger partial charge in [0.05, 0.1) is 11.4 Å². The number of aliphatic imine (C=N–C) groups is 1. The van der Waals surface area contributed by atoms with Crippen LogP contribution in [0.3, 0.4) is 0 Å². The van der Waals surface area contributed by atoms with Crippen LogP contribution < -0.4 is 9.46 Å². The Balaban J connectivity index is 1.66. The molecule has 3 rings (SSSR count). The van der Waals surface area contributed by atoms with Gasteiger partial charge >= 0.3 is 0 Å². The van der Waals surface area contributed by atoms with E-state index in [0.717, 1.165) is 5.75 Å². The highest BCUT2D eigenvalue weighted by Crippen LogP contribution is 2.25. The summed E-state index contributed by atoms with van der Waals surface area (Å²) in [6, 6.07) is 14.8. The minimum Gasteiger partial charge on any atom is -0.492 e. The lowest BCUT2D eigenvalue weighted by Gasteiger charge is -2.19. The van der Waals surface area contributed by atoms with Gasteiger partial charge in [-0.1, -0.05) is 45.0 Å². The van der Waals surface area contributed by atoms with Gasteiger partial charge in [0.15, 0.2) is 0 Å². The minimum atomic E-state index is -3.49. The smallest absolute Gasteiger partial charge is 0.263 e. The number of benzene rings is 2. The monoisotopic (exact) mass is 358 g/mol. The van der Waals surface area contributed by atoms with Crippen LogP contribution >= 0.6 is 0 Å². The minimum absolute atomic E-state index is 0.0609. The SMILES string of the molecule is CC(C)(C)c1cccc(OCCN=C2NS(=O)(=O)c3ccccc32)c1. The highest BCUT2D eigenvalue weighted by Gasteiger charge is 2.29. The maximum absolute atomic E-state index is 12.0. The van der Waals surface area contributed by atoms with Gasteiger partial charge in [0, 0.05) is 5.56 Å². The van der Waals surface area contributed by atoms with E-state index in [1.165, 1.54) is 5.56 Å². The fourth-order valence-electron chi connectivity index (χ4n) is 2.62. The molecule has 1 N–H and O–H groups in total. The number of hydrogen-bond donors (Lipinski definition) is 1. The van der Waals surface area contributed by atoms with Gasteiger partial charge in [0.1, 0.15) is 18.2 Å². The summed E-state index contributed by atoms with van der Waals surface area (Å²) in [5, 5.41) is 0. The van der Waals surface area contributed by atoms with Crippen molar-refractivity contribution in [1.82, 2.24) is 4.72 Å². The molecule has 5 nitrogen and oxygen atoms in total. The molecule has 0 amide bonds. The Labute approximate surface area is 148 Å². The number of nitrogens with zero attached hydrogens (tertiary/aromatic N) is 1. The first kappa shape index (κ1) is 17.5. The molecule has 0 bridgehead atoms. The number of rotatable bonds is 4. The van der Waals surface area contributed by atoms with Crippen molar-refractivity contribution < 1.29 is 13.2 Å². The zero-order valence-corrected chi connectivity index (χ0v) is 15.4. The number of hydrogen-bond acceptors (Lipinski definition) is 4. The van der Waals surface area contributed by atoms with Crippen molar-refractivity contribution >= 4 is 15.9 Å². The number of sulfonamides is 1. The Morgan fingerprint density at radius 2 is 1.84 bits per heavy atom. The topological polar surface area (TPSA) is 67.8 Å². The maximum Gasteiger partial charge on any atom is 0.263 e. The van der Waals surface area contributed by atoms with Crippen molar-refractivity contribution in [3.05, 3.63) is 59.7 Å². The van der Waals surface area contributed by atoms with Gasteiger partial charge in [-0.2, -0.15) is 0 Å². The summed E-state index contributed by atoms with van der Waals surface area (Å²) in [7, 11) is -3.49. The van der Waals surface area contributed by atoms with E-state index in [2.05, 4.69) is 36.6 Å². The lowest BCUT2D eigenvalue weighted by atomic mass is 9.87. The molecule has 2 aromatic carbocycles. The van der Waals surface area contributed by atoms with Crippen LogP contribution in [-0.2, 0) is 15.4 Å². The Morgan fingerprint density at radius 1 is 1.08 bits per heavy atom. The second-order valence-electron chi connectivity index (χ2n) is 6.96. The van der Waals surface area contributed by atoms with Crippen molar-refractivity contribution in [2.75, 3.05) is 13.2 Å². The summed E-state index contributed by atoms with van der Waals surface area (Å²) < 4.78 is 32.3. The molecule has 0 fully saturated rings. The molecule has 0 aliphatic carbocycles. The second-order valence-corrected chi connectivity index (χ2v) is 8.61. The van der Waals surface area contributed by atoms with Crippen molar-refractivity contribution in [3.8, 4) is 5.75 Å². The standard InChI is InChI=1S/C19H22N2O3S/c1-19(2,3)14-7-6-8-15(13-14)24-12-11-20-18-16-9-4-5-10-17(16)25(22,23)21-18/h4-10,13H,11-12H2,1-3H3,(H,20,21). The zero-order valence-electron chi connectivity index (χ0n) is 14.6. The van der Waals surface area contributed by atoms with Crippen molar-refractivity contribution in [2.24, 2.45) is 4.99 Å². The molecular weight excluding hydrogens is 336 g/mol. The average Bonchev–Trinajstić information content (AvgIpc) is 2.82. The predicted molar refractivity (Wildman–Crippen MR) is 98.8 cm³/mol. The molecule has 132 valence electrons. The van der Waals surface area contributed by atoms with E-state index >= 15 is 0 Å². The molecule has 1 aliphatic heterocycles. The average molecular weight is 358 g/mol. The number of amidine groups is 1. The van der Waals surface area contributed by atoms with E-state index in [-0.39, 0.29) is 10.3 Å². The molecule has 0 radical (unpaired) electrons. The third kappa shape index (κ3) is 3.85. The second kappa shape index (κ2) is 6.52. The fourth-order valence-corrected chi connectivity index (χ4v) is 3.88. The summed E-state index contributed by atoms with van der Waals surface area (Å²) in [5.74, 6) is 1.17. The Kier molecular flexibility index (Phi) is 4.56. The predicted octanol–water partition coefficient (Wildman–Crippen LogP) is 3.10. The van der Waals surface area contributed by atoms with Crippen LogP contribution in [0.2, 0.25) is 0 Å². The molecule has 0 saturated carbocycles. The Bertz CT molecular complexity index is 912. The lowest BCUT2D eigenvalue weighted by Crippen LogP contribution is -2.23. The molecule has 0 saturated heterocycles. The van der Waals surface area contributed by atoms with Crippen LogP contribution in [-0.4, -0.2) is 27.4 Å². The summed E-state index contributed by atoms with van der Waals surface area (Å²) in [6.07, 6.45) is 0. The van der Waals surface area contributed by atoms with Gasteiger partial charge in [-0.25, -0.2) is 8.42 Å². The summed E-state index contributed by atoms with van der Waals surface area (Å²) >= 11 is 0. The highest BCUT2D eigenvalue weighted by molar-refractivity contribution is 7.90. The molecule has 0 spiro atoms. The lowest BCUT2D eigenvalue weighted by molar-refractivity contribution is 0.327. The molecule has 1 heterocycles. The van der Waals surface area contributed by atoms with E-state index in [9.17, 15) is 8.42 Å². The van der Waals surface area contributed by atoms with Crippen LogP contribution in [0.4, 0.5) is 0 Å². The van der Waals surface area contributed by atoms with Gasteiger partial charge in [0.25, 0.3) is 10.0 Å². The quantitative estimate of drug-likeness (QED) is 0.854. The molecule has 1 aliphatic rings. The number of nitrogens with one attached hydrogen (secondary N) is 1. The Hall–Kier alpha value is -2.34. The van der Waals surface area contributed by atoms with Gasteiger partial charge in [-0.3, -0.25) is 9.71 Å². The molecule has 0 unspecified atom stereocenters. The van der Waals surface area contributed by atoms with Crippen molar-refractivity contribution in [1.29, 1.82) is 0 Å². The summed E-state index contributed by atoms with van der Waals surface area (Å²) in [6.45, 7) is 7.21. The maximum atomic E-state index is 12.0. The first-order valence-electron chi connectivity index (χ1n) is 8.17. The van der Waals surface area contributed by atoms with E-state index < -0.39 is 10.0 Å². The third-order valence-electron chi connectivity index (χ3n) is 3.99.